The van der Waals surface area contributed by atoms with Crippen LogP contribution in [0, 0.1) is 30.2 Å². The van der Waals surface area contributed by atoms with E-state index in [9.17, 15) is 27.5 Å². The van der Waals surface area contributed by atoms with E-state index in [4.69, 9.17) is 0 Å². The van der Waals surface area contributed by atoms with Gasteiger partial charge in [0, 0.05) is 12.2 Å². The van der Waals surface area contributed by atoms with Crippen molar-refractivity contribution in [1.29, 1.82) is 0 Å². The quantitative estimate of drug-likeness (QED) is 0.399. The largest absolute Gasteiger partial charge is 0.359 e. The molecular weight excluding hydrogens is 268 g/mol. The van der Waals surface area contributed by atoms with Crippen LogP contribution in [0.2, 0.25) is 0 Å². The normalized spacial score (nSPS) is 14.3. The van der Waals surface area contributed by atoms with Crippen molar-refractivity contribution in [2.75, 3.05) is 6.61 Å². The molecule has 106 valence electrons. The first kappa shape index (κ1) is 15.6. The number of Topliss-reactive ketones (excluding diaryl/α,β-unsaturated/α-hetero) is 1. The maximum absolute atomic E-state index is 13.6. The highest BCUT2D eigenvalue weighted by atomic mass is 19.2. The van der Waals surface area contributed by atoms with Crippen molar-refractivity contribution in [2.45, 2.75) is 26.6 Å². The molecule has 0 aromatic heterocycles. The van der Waals surface area contributed by atoms with Crippen LogP contribution in [0.15, 0.2) is 0 Å². The Hall–Kier alpha value is -1.47. The van der Waals surface area contributed by atoms with E-state index in [1.807, 2.05) is 0 Å². The number of benzene rings is 1. The molecule has 1 unspecified atom stereocenters. The molecule has 0 fully saturated rings. The highest BCUT2D eigenvalue weighted by Gasteiger charge is 2.38. The van der Waals surface area contributed by atoms with Gasteiger partial charge in [-0.3, -0.25) is 4.79 Å². The Morgan fingerprint density at radius 2 is 1.58 bits per heavy atom. The number of ketones is 1. The summed E-state index contributed by atoms with van der Waals surface area (Å²) < 4.78 is 58.3. The molecule has 0 radical (unpaired) electrons. The third-order valence-electron chi connectivity index (χ3n) is 2.56. The van der Waals surface area contributed by atoms with Crippen LogP contribution >= 0.6 is 0 Å². The van der Waals surface area contributed by atoms with Crippen molar-refractivity contribution in [1.82, 2.24) is 0 Å². The molecule has 0 aliphatic carbocycles. The summed E-state index contributed by atoms with van der Waals surface area (Å²) in [6.07, 6.45) is 0. The number of hydrogen-bond acceptors (Lipinski definition) is 3. The summed E-state index contributed by atoms with van der Waals surface area (Å²) in [4.78, 5) is 11.7. The van der Waals surface area contributed by atoms with E-state index in [2.05, 4.69) is 4.74 Å². The van der Waals surface area contributed by atoms with Gasteiger partial charge in [0.1, 0.15) is 5.56 Å². The molecule has 0 aliphatic heterocycles. The lowest BCUT2D eigenvalue weighted by Gasteiger charge is -2.22. The molecule has 3 nitrogen and oxygen atoms in total. The molecule has 1 N–H and O–H groups in total. The SMILES string of the molecule is CCOC(C)(O)C(=O)c1c(F)c(F)c(C)c(F)c1F. The molecule has 1 aromatic rings. The molecule has 0 amide bonds. The first-order chi connectivity index (χ1) is 8.65. The first-order valence-corrected chi connectivity index (χ1v) is 5.38. The van der Waals surface area contributed by atoms with Crippen LogP contribution in [0.25, 0.3) is 0 Å². The molecule has 0 saturated carbocycles. The fraction of sp³-hybridized carbons (Fsp3) is 0.417. The average molecular weight is 280 g/mol. The Morgan fingerprint density at radius 1 is 1.16 bits per heavy atom. The van der Waals surface area contributed by atoms with Crippen molar-refractivity contribution in [2.24, 2.45) is 0 Å². The minimum Gasteiger partial charge on any atom is -0.359 e. The van der Waals surface area contributed by atoms with E-state index in [-0.39, 0.29) is 6.61 Å². The molecule has 0 aliphatic rings. The molecule has 7 heteroatoms. The van der Waals surface area contributed by atoms with Crippen molar-refractivity contribution >= 4 is 5.78 Å². The Bertz CT molecular complexity index is 497. The van der Waals surface area contributed by atoms with Gasteiger partial charge >= 0.3 is 0 Å². The van der Waals surface area contributed by atoms with Gasteiger partial charge < -0.3 is 9.84 Å². The molecular formula is C12H12F4O3. The van der Waals surface area contributed by atoms with E-state index in [1.165, 1.54) is 6.92 Å². The Kier molecular flexibility index (Phi) is 4.32. The standard InChI is InChI=1S/C12H12F4O3/c1-4-19-12(3,18)11(17)6-9(15)7(13)5(2)8(14)10(6)16/h18H,4H2,1-3H3. The zero-order valence-corrected chi connectivity index (χ0v) is 10.5. The molecule has 19 heavy (non-hydrogen) atoms. The summed E-state index contributed by atoms with van der Waals surface area (Å²) in [5, 5.41) is 9.59. The second kappa shape index (κ2) is 5.26. The van der Waals surface area contributed by atoms with E-state index >= 15 is 0 Å². The first-order valence-electron chi connectivity index (χ1n) is 5.38. The minimum atomic E-state index is -2.58. The summed E-state index contributed by atoms with van der Waals surface area (Å²) in [5.41, 5.74) is -2.39. The predicted molar refractivity (Wildman–Crippen MR) is 57.6 cm³/mol. The van der Waals surface area contributed by atoms with Gasteiger partial charge in [-0.2, -0.15) is 0 Å². The maximum atomic E-state index is 13.6. The number of aliphatic hydroxyl groups is 1. The van der Waals surface area contributed by atoms with Gasteiger partial charge in [0.25, 0.3) is 0 Å². The third-order valence-corrected chi connectivity index (χ3v) is 2.56. The Balaban J connectivity index is 3.48. The van der Waals surface area contributed by atoms with E-state index in [0.717, 1.165) is 13.8 Å². The lowest BCUT2D eigenvalue weighted by atomic mass is 10.0. The maximum Gasteiger partial charge on any atom is 0.228 e. The molecule has 1 aromatic carbocycles. The number of carbonyl (C=O) groups is 1. The van der Waals surface area contributed by atoms with Gasteiger partial charge in [0.15, 0.2) is 23.3 Å². The van der Waals surface area contributed by atoms with Crippen LogP contribution in [0.3, 0.4) is 0 Å². The summed E-state index contributed by atoms with van der Waals surface area (Å²) in [5.74, 6) is -11.3. The van der Waals surface area contributed by atoms with Crippen molar-refractivity contribution in [3.05, 3.63) is 34.4 Å². The third kappa shape index (κ3) is 2.62. The van der Waals surface area contributed by atoms with E-state index in [1.54, 1.807) is 0 Å². The van der Waals surface area contributed by atoms with Crippen molar-refractivity contribution in [3.8, 4) is 0 Å². The van der Waals surface area contributed by atoms with Gasteiger partial charge in [-0.15, -0.1) is 0 Å². The lowest BCUT2D eigenvalue weighted by molar-refractivity contribution is -0.149. The molecule has 0 saturated heterocycles. The summed E-state index contributed by atoms with van der Waals surface area (Å²) in [7, 11) is 0. The average Bonchev–Trinajstić information content (AvgIpc) is 2.34. The monoisotopic (exact) mass is 280 g/mol. The lowest BCUT2D eigenvalue weighted by Crippen LogP contribution is -2.39. The van der Waals surface area contributed by atoms with Gasteiger partial charge in [-0.25, -0.2) is 17.6 Å². The summed E-state index contributed by atoms with van der Waals surface area (Å²) >= 11 is 0. The Morgan fingerprint density at radius 3 is 1.95 bits per heavy atom. The number of hydrogen-bond donors (Lipinski definition) is 1. The number of carbonyl (C=O) groups excluding carboxylic acids is 1. The minimum absolute atomic E-state index is 0.140. The summed E-state index contributed by atoms with van der Waals surface area (Å²) in [6, 6.07) is 0. The predicted octanol–water partition coefficient (Wildman–Crippen LogP) is 2.48. The smallest absolute Gasteiger partial charge is 0.228 e. The van der Waals surface area contributed by atoms with E-state index < -0.39 is 46.0 Å². The number of rotatable bonds is 4. The van der Waals surface area contributed by atoms with Gasteiger partial charge in [0.05, 0.1) is 0 Å². The number of halogens is 4. The highest BCUT2D eigenvalue weighted by molar-refractivity contribution is 6.01. The fourth-order valence-electron chi connectivity index (χ4n) is 1.52. The van der Waals surface area contributed by atoms with Crippen molar-refractivity contribution < 1.29 is 32.2 Å². The van der Waals surface area contributed by atoms with Gasteiger partial charge in [-0.05, 0) is 20.8 Å². The van der Waals surface area contributed by atoms with Crippen LogP contribution in [0.1, 0.15) is 29.8 Å². The molecule has 1 rings (SSSR count). The van der Waals surface area contributed by atoms with Crippen LogP contribution in [0.4, 0.5) is 17.6 Å². The van der Waals surface area contributed by atoms with Gasteiger partial charge in [0.2, 0.25) is 11.6 Å². The molecule has 0 heterocycles. The summed E-state index contributed by atoms with van der Waals surface area (Å²) in [6.45, 7) is 2.93. The zero-order chi connectivity index (χ0) is 15.0. The second-order valence-corrected chi connectivity index (χ2v) is 4.00. The van der Waals surface area contributed by atoms with Gasteiger partial charge in [-0.1, -0.05) is 0 Å². The highest BCUT2D eigenvalue weighted by Crippen LogP contribution is 2.27. The zero-order valence-electron chi connectivity index (χ0n) is 10.5. The van der Waals surface area contributed by atoms with Crippen LogP contribution < -0.4 is 0 Å². The molecule has 0 spiro atoms. The Labute approximate surface area is 106 Å². The number of ether oxygens (including phenoxy) is 1. The van der Waals surface area contributed by atoms with E-state index in [0.29, 0.717) is 0 Å². The van der Waals surface area contributed by atoms with Crippen LogP contribution in [-0.2, 0) is 4.74 Å². The second-order valence-electron chi connectivity index (χ2n) is 4.00. The molecule has 0 bridgehead atoms. The fourth-order valence-corrected chi connectivity index (χ4v) is 1.52. The van der Waals surface area contributed by atoms with Crippen molar-refractivity contribution in [3.63, 3.8) is 0 Å². The molecule has 1 atom stereocenters. The van der Waals surface area contributed by atoms with Crippen LogP contribution in [0.5, 0.6) is 0 Å². The topological polar surface area (TPSA) is 46.5 Å². The van der Waals surface area contributed by atoms with Crippen LogP contribution in [-0.4, -0.2) is 23.3 Å².